The first kappa shape index (κ1) is 24.1. The van der Waals surface area contributed by atoms with Crippen LogP contribution >= 0.6 is 23.1 Å². The zero-order chi connectivity index (χ0) is 23.8. The molecule has 0 saturated carbocycles. The summed E-state index contributed by atoms with van der Waals surface area (Å²) in [5.41, 5.74) is 4.77. The minimum atomic E-state index is -0.925. The summed E-state index contributed by atoms with van der Waals surface area (Å²) in [6, 6.07) is 6.77. The zero-order valence-corrected chi connectivity index (χ0v) is 18.6. The molecule has 3 amide bonds. The summed E-state index contributed by atoms with van der Waals surface area (Å²) in [7, 11) is 0. The standard InChI is InChI=1S/C20H19ClF2N6O3S/c21-11-8-13(22)12(14(23)9-11)10-32-18-16(17(24)30)19(33-29-18)28-20(31)27-7-3-6-26-15-4-1-2-5-25-15/h1-2,4-5,8-9H,3,6-7,10H2,(H2,24,30)(H,25,26)(H2,27,28,31). The molecule has 0 spiro atoms. The second-order valence-electron chi connectivity index (χ2n) is 6.57. The number of hydrogen-bond donors (Lipinski definition) is 4. The number of nitrogens with two attached hydrogens (primary N) is 1. The van der Waals surface area contributed by atoms with Crippen LogP contribution in [0.1, 0.15) is 22.3 Å². The van der Waals surface area contributed by atoms with E-state index in [9.17, 15) is 18.4 Å². The Morgan fingerprint density at radius 3 is 2.61 bits per heavy atom. The molecule has 0 aliphatic rings. The second kappa shape index (κ2) is 11.4. The lowest BCUT2D eigenvalue weighted by molar-refractivity contribution is 0.0996. The molecule has 0 aliphatic carbocycles. The summed E-state index contributed by atoms with van der Waals surface area (Å²) < 4.78 is 37.1. The predicted molar refractivity (Wildman–Crippen MR) is 121 cm³/mol. The number of rotatable bonds is 10. The molecule has 2 heterocycles. The van der Waals surface area contributed by atoms with Gasteiger partial charge in [0.05, 0.1) is 5.56 Å². The number of ether oxygens (including phenoxy) is 1. The highest BCUT2D eigenvalue weighted by Crippen LogP contribution is 2.31. The first-order chi connectivity index (χ1) is 15.8. The number of nitrogens with one attached hydrogen (secondary N) is 3. The second-order valence-corrected chi connectivity index (χ2v) is 7.78. The number of benzene rings is 1. The fraction of sp³-hybridized carbons (Fsp3) is 0.200. The predicted octanol–water partition coefficient (Wildman–Crippen LogP) is 3.77. The van der Waals surface area contributed by atoms with Gasteiger partial charge in [0.2, 0.25) is 5.88 Å². The highest BCUT2D eigenvalue weighted by Gasteiger charge is 2.23. The van der Waals surface area contributed by atoms with Crippen molar-refractivity contribution in [1.29, 1.82) is 0 Å². The van der Waals surface area contributed by atoms with E-state index in [0.717, 1.165) is 29.5 Å². The quantitative estimate of drug-likeness (QED) is 0.316. The number of aromatic nitrogens is 2. The molecule has 0 atom stereocenters. The lowest BCUT2D eigenvalue weighted by Gasteiger charge is -2.09. The number of carbonyl (C=O) groups is 2. The molecule has 33 heavy (non-hydrogen) atoms. The number of hydrogen-bond acceptors (Lipinski definition) is 7. The lowest BCUT2D eigenvalue weighted by atomic mass is 10.2. The van der Waals surface area contributed by atoms with Crippen LogP contribution in [0.5, 0.6) is 5.88 Å². The topological polar surface area (TPSA) is 131 Å². The molecule has 0 unspecified atom stereocenters. The van der Waals surface area contributed by atoms with Crippen molar-refractivity contribution >= 4 is 45.9 Å². The summed E-state index contributed by atoms with van der Waals surface area (Å²) in [5.74, 6) is -2.28. The number of carbonyl (C=O) groups excluding carboxylic acids is 2. The highest BCUT2D eigenvalue weighted by atomic mass is 35.5. The largest absolute Gasteiger partial charge is 0.471 e. The Balaban J connectivity index is 1.53. The number of urea groups is 1. The van der Waals surface area contributed by atoms with Gasteiger partial charge in [-0.2, -0.15) is 4.37 Å². The van der Waals surface area contributed by atoms with Crippen molar-refractivity contribution in [2.75, 3.05) is 23.7 Å². The van der Waals surface area contributed by atoms with Crippen molar-refractivity contribution in [2.45, 2.75) is 13.0 Å². The van der Waals surface area contributed by atoms with Gasteiger partial charge in [-0.1, -0.05) is 17.7 Å². The van der Waals surface area contributed by atoms with Crippen LogP contribution in [0, 0.1) is 11.6 Å². The molecule has 9 nitrogen and oxygen atoms in total. The van der Waals surface area contributed by atoms with E-state index < -0.39 is 35.7 Å². The van der Waals surface area contributed by atoms with E-state index in [2.05, 4.69) is 25.3 Å². The first-order valence-corrected chi connectivity index (χ1v) is 10.8. The van der Waals surface area contributed by atoms with E-state index in [1.807, 2.05) is 18.2 Å². The Labute approximate surface area is 196 Å². The minimum absolute atomic E-state index is 0.0404. The number of pyridine rings is 1. The summed E-state index contributed by atoms with van der Waals surface area (Å²) in [4.78, 5) is 28.1. The monoisotopic (exact) mass is 496 g/mol. The average molecular weight is 497 g/mol. The maximum Gasteiger partial charge on any atom is 0.319 e. The van der Waals surface area contributed by atoms with Gasteiger partial charge in [0.1, 0.15) is 34.6 Å². The van der Waals surface area contributed by atoms with Gasteiger partial charge in [-0.25, -0.2) is 18.6 Å². The van der Waals surface area contributed by atoms with E-state index in [1.54, 1.807) is 6.20 Å². The molecular formula is C20H19ClF2N6O3S. The molecule has 0 bridgehead atoms. The van der Waals surface area contributed by atoms with Crippen LogP contribution in [-0.4, -0.2) is 34.4 Å². The molecule has 3 aromatic rings. The van der Waals surface area contributed by atoms with E-state index in [-0.39, 0.29) is 21.5 Å². The Morgan fingerprint density at radius 1 is 1.18 bits per heavy atom. The molecule has 5 N–H and O–H groups in total. The number of nitrogens with zero attached hydrogens (tertiary/aromatic N) is 2. The van der Waals surface area contributed by atoms with Crippen LogP contribution in [0.3, 0.4) is 0 Å². The molecule has 0 fully saturated rings. The molecule has 3 rings (SSSR count). The maximum absolute atomic E-state index is 13.9. The third-order valence-corrected chi connectivity index (χ3v) is 5.17. The van der Waals surface area contributed by atoms with Gasteiger partial charge in [-0.15, -0.1) is 0 Å². The Morgan fingerprint density at radius 2 is 1.94 bits per heavy atom. The highest BCUT2D eigenvalue weighted by molar-refractivity contribution is 7.11. The van der Waals surface area contributed by atoms with Crippen LogP contribution in [0.15, 0.2) is 36.5 Å². The van der Waals surface area contributed by atoms with Crippen molar-refractivity contribution in [3.63, 3.8) is 0 Å². The Bertz CT molecular complexity index is 1110. The van der Waals surface area contributed by atoms with Crippen LogP contribution in [0.25, 0.3) is 0 Å². The van der Waals surface area contributed by atoms with Gasteiger partial charge in [-0.05, 0) is 42.2 Å². The maximum atomic E-state index is 13.9. The molecule has 0 aliphatic heterocycles. The molecule has 2 aromatic heterocycles. The van der Waals surface area contributed by atoms with E-state index >= 15 is 0 Å². The summed E-state index contributed by atoms with van der Waals surface area (Å²) in [6.45, 7) is 0.364. The van der Waals surface area contributed by atoms with Crippen molar-refractivity contribution in [1.82, 2.24) is 14.7 Å². The summed E-state index contributed by atoms with van der Waals surface area (Å²) in [6.07, 6.45) is 2.28. The van der Waals surface area contributed by atoms with Crippen molar-refractivity contribution in [3.05, 3.63) is 64.3 Å². The van der Waals surface area contributed by atoms with Gasteiger partial charge < -0.3 is 21.1 Å². The van der Waals surface area contributed by atoms with Crippen molar-refractivity contribution in [2.24, 2.45) is 5.73 Å². The number of amides is 3. The van der Waals surface area contributed by atoms with Crippen molar-refractivity contribution < 1.29 is 23.1 Å². The number of anilines is 2. The van der Waals surface area contributed by atoms with E-state index in [1.165, 1.54) is 0 Å². The third-order valence-electron chi connectivity index (χ3n) is 4.20. The van der Waals surface area contributed by atoms with Gasteiger partial charge in [0.25, 0.3) is 5.91 Å². The minimum Gasteiger partial charge on any atom is -0.471 e. The molecule has 0 radical (unpaired) electrons. The van der Waals surface area contributed by atoms with Gasteiger partial charge >= 0.3 is 6.03 Å². The van der Waals surface area contributed by atoms with Crippen molar-refractivity contribution in [3.8, 4) is 5.88 Å². The Hall–Kier alpha value is -3.51. The van der Waals surface area contributed by atoms with Crippen LogP contribution in [0.2, 0.25) is 5.02 Å². The third kappa shape index (κ3) is 6.73. The summed E-state index contributed by atoms with van der Waals surface area (Å²) in [5, 5.41) is 8.15. The average Bonchev–Trinajstić information content (AvgIpc) is 3.16. The van der Waals surface area contributed by atoms with Gasteiger partial charge in [0.15, 0.2) is 0 Å². The molecule has 174 valence electrons. The Kier molecular flexibility index (Phi) is 8.33. The number of halogens is 3. The van der Waals surface area contributed by atoms with E-state index in [0.29, 0.717) is 19.5 Å². The summed E-state index contributed by atoms with van der Waals surface area (Å²) >= 11 is 6.34. The molecule has 0 saturated heterocycles. The van der Waals surface area contributed by atoms with Gasteiger partial charge in [-0.3, -0.25) is 10.1 Å². The van der Waals surface area contributed by atoms with Crippen LogP contribution < -0.4 is 26.4 Å². The van der Waals surface area contributed by atoms with Gasteiger partial charge in [0, 0.05) is 24.3 Å². The fourth-order valence-corrected chi connectivity index (χ4v) is 3.58. The van der Waals surface area contributed by atoms with Crippen LogP contribution in [-0.2, 0) is 6.61 Å². The lowest BCUT2D eigenvalue weighted by Crippen LogP contribution is -2.31. The fourth-order valence-electron chi connectivity index (χ4n) is 2.65. The number of primary amides is 1. The smallest absolute Gasteiger partial charge is 0.319 e. The van der Waals surface area contributed by atoms with E-state index in [4.69, 9.17) is 22.1 Å². The zero-order valence-electron chi connectivity index (χ0n) is 17.0. The van der Waals surface area contributed by atoms with Crippen LogP contribution in [0.4, 0.5) is 24.4 Å². The SMILES string of the molecule is NC(=O)c1c(OCc2c(F)cc(Cl)cc2F)nsc1NC(=O)NCCCNc1ccccn1. The first-order valence-electron chi connectivity index (χ1n) is 9.60. The molecule has 13 heteroatoms. The molecular weight excluding hydrogens is 478 g/mol. The molecule has 1 aromatic carbocycles. The normalized spacial score (nSPS) is 10.5.